The van der Waals surface area contributed by atoms with E-state index >= 15 is 0 Å². The van der Waals surface area contributed by atoms with Crippen LogP contribution in [0.4, 0.5) is 0 Å². The van der Waals surface area contributed by atoms with Gasteiger partial charge >= 0.3 is 0 Å². The van der Waals surface area contributed by atoms with Crippen LogP contribution in [0.2, 0.25) is 0 Å². The number of aromatic amines is 1. The molecule has 2 aromatic rings. The monoisotopic (exact) mass is 208 g/mol. The van der Waals surface area contributed by atoms with Crippen molar-refractivity contribution in [3.8, 4) is 0 Å². The highest BCUT2D eigenvalue weighted by Crippen LogP contribution is 2.16. The summed E-state index contributed by atoms with van der Waals surface area (Å²) in [4.78, 5) is 1.36. The Morgan fingerprint density at radius 3 is 3.14 bits per heavy atom. The van der Waals surface area contributed by atoms with E-state index in [1.165, 1.54) is 4.88 Å². The van der Waals surface area contributed by atoms with Gasteiger partial charge in [0, 0.05) is 4.88 Å². The van der Waals surface area contributed by atoms with Crippen LogP contribution < -0.4 is 5.73 Å². The van der Waals surface area contributed by atoms with Crippen molar-refractivity contribution < 1.29 is 0 Å². The summed E-state index contributed by atoms with van der Waals surface area (Å²) in [5.74, 6) is 0. The lowest BCUT2D eigenvalue weighted by Crippen LogP contribution is -2.11. The van der Waals surface area contributed by atoms with E-state index in [4.69, 9.17) is 5.73 Å². The quantitative estimate of drug-likeness (QED) is 0.800. The lowest BCUT2D eigenvalue weighted by atomic mass is 10.1. The normalized spacial score (nSPS) is 12.9. The van der Waals surface area contributed by atoms with Crippen molar-refractivity contribution in [3.05, 3.63) is 34.3 Å². The smallest absolute Gasteiger partial charge is 0.0991 e. The van der Waals surface area contributed by atoms with Gasteiger partial charge in [0.2, 0.25) is 0 Å². The summed E-state index contributed by atoms with van der Waals surface area (Å²) >= 11 is 1.76. The minimum absolute atomic E-state index is 0.0177. The van der Waals surface area contributed by atoms with Crippen LogP contribution in [0.5, 0.6) is 0 Å². The van der Waals surface area contributed by atoms with E-state index in [1.807, 2.05) is 0 Å². The van der Waals surface area contributed by atoms with Crippen LogP contribution in [-0.2, 0) is 6.42 Å². The minimum atomic E-state index is -0.0177. The molecule has 1 unspecified atom stereocenters. The molecule has 4 nitrogen and oxygen atoms in total. The average Bonchev–Trinajstić information content (AvgIpc) is 2.87. The van der Waals surface area contributed by atoms with Crippen molar-refractivity contribution in [2.45, 2.75) is 18.9 Å². The van der Waals surface area contributed by atoms with Crippen LogP contribution in [0.15, 0.2) is 23.7 Å². The van der Waals surface area contributed by atoms with E-state index in [0.717, 1.165) is 18.5 Å². The molecule has 2 aromatic heterocycles. The zero-order valence-electron chi connectivity index (χ0n) is 7.68. The molecule has 1 atom stereocenters. The van der Waals surface area contributed by atoms with Crippen LogP contribution in [0.25, 0.3) is 0 Å². The maximum Gasteiger partial charge on any atom is 0.0991 e. The van der Waals surface area contributed by atoms with Gasteiger partial charge in [-0.15, -0.1) is 11.3 Å². The second kappa shape index (κ2) is 4.34. The summed E-state index contributed by atoms with van der Waals surface area (Å²) in [6, 6.07) is 4.16. The van der Waals surface area contributed by atoms with E-state index in [9.17, 15) is 0 Å². The number of rotatable bonds is 4. The molecule has 2 heterocycles. The third kappa shape index (κ3) is 2.18. The Bertz CT molecular complexity index is 354. The van der Waals surface area contributed by atoms with Crippen molar-refractivity contribution >= 4 is 11.3 Å². The van der Waals surface area contributed by atoms with Gasteiger partial charge in [0.25, 0.3) is 0 Å². The molecule has 0 spiro atoms. The second-order valence-corrected chi connectivity index (χ2v) is 4.15. The van der Waals surface area contributed by atoms with Gasteiger partial charge in [-0.1, -0.05) is 6.07 Å². The molecule has 0 saturated heterocycles. The second-order valence-electron chi connectivity index (χ2n) is 3.12. The van der Waals surface area contributed by atoms with Crippen LogP contribution in [0.3, 0.4) is 0 Å². The standard InChI is InChI=1S/C9H12N4S/c10-8(9-6-11-13-12-9)4-3-7-2-1-5-14-7/h1-2,5-6,8H,3-4,10H2,(H,11,12,13). The summed E-state index contributed by atoms with van der Waals surface area (Å²) in [7, 11) is 0. The van der Waals surface area contributed by atoms with Crippen LogP contribution in [0.1, 0.15) is 23.0 Å². The van der Waals surface area contributed by atoms with E-state index in [2.05, 4.69) is 32.9 Å². The summed E-state index contributed by atoms with van der Waals surface area (Å²) in [5, 5.41) is 12.3. The molecule has 0 radical (unpaired) electrons. The van der Waals surface area contributed by atoms with Crippen molar-refractivity contribution in [2.75, 3.05) is 0 Å². The number of hydrogen-bond donors (Lipinski definition) is 2. The Kier molecular flexibility index (Phi) is 2.90. The fourth-order valence-corrected chi connectivity index (χ4v) is 2.01. The predicted octanol–water partition coefficient (Wildman–Crippen LogP) is 1.50. The highest BCUT2D eigenvalue weighted by Gasteiger charge is 2.08. The van der Waals surface area contributed by atoms with Gasteiger partial charge in [-0.2, -0.15) is 15.4 Å². The van der Waals surface area contributed by atoms with E-state index in [1.54, 1.807) is 17.5 Å². The Balaban J connectivity index is 1.87. The topological polar surface area (TPSA) is 67.6 Å². The SMILES string of the molecule is NC(CCc1cccs1)c1cn[nH]n1. The Morgan fingerprint density at radius 1 is 1.57 bits per heavy atom. The molecule has 2 rings (SSSR count). The fraction of sp³-hybridized carbons (Fsp3) is 0.333. The minimum Gasteiger partial charge on any atom is -0.323 e. The zero-order chi connectivity index (χ0) is 9.80. The molecule has 0 fully saturated rings. The molecule has 0 saturated carbocycles. The first-order valence-electron chi connectivity index (χ1n) is 4.50. The van der Waals surface area contributed by atoms with E-state index in [0.29, 0.717) is 0 Å². The molecular weight excluding hydrogens is 196 g/mol. The van der Waals surface area contributed by atoms with Crippen LogP contribution in [-0.4, -0.2) is 15.4 Å². The first-order chi connectivity index (χ1) is 6.86. The maximum atomic E-state index is 5.94. The lowest BCUT2D eigenvalue weighted by Gasteiger charge is -2.05. The summed E-state index contributed by atoms with van der Waals surface area (Å²) in [6.45, 7) is 0. The Labute approximate surface area is 86.1 Å². The third-order valence-corrected chi connectivity index (χ3v) is 3.03. The van der Waals surface area contributed by atoms with Gasteiger partial charge in [0.1, 0.15) is 0 Å². The molecule has 0 bridgehead atoms. The first-order valence-corrected chi connectivity index (χ1v) is 5.38. The zero-order valence-corrected chi connectivity index (χ0v) is 8.50. The molecule has 74 valence electrons. The number of thiophene rings is 1. The largest absolute Gasteiger partial charge is 0.323 e. The molecule has 3 N–H and O–H groups in total. The molecule has 0 aromatic carbocycles. The number of hydrogen-bond acceptors (Lipinski definition) is 4. The number of nitrogens with two attached hydrogens (primary N) is 1. The lowest BCUT2D eigenvalue weighted by molar-refractivity contribution is 0.634. The fourth-order valence-electron chi connectivity index (χ4n) is 1.29. The van der Waals surface area contributed by atoms with Gasteiger partial charge in [0.15, 0.2) is 0 Å². The van der Waals surface area contributed by atoms with Gasteiger partial charge in [-0.25, -0.2) is 0 Å². The van der Waals surface area contributed by atoms with Crippen molar-refractivity contribution in [2.24, 2.45) is 5.73 Å². The summed E-state index contributed by atoms with van der Waals surface area (Å²) in [6.07, 6.45) is 3.60. The maximum absolute atomic E-state index is 5.94. The molecule has 14 heavy (non-hydrogen) atoms. The number of nitrogens with zero attached hydrogens (tertiary/aromatic N) is 2. The predicted molar refractivity (Wildman–Crippen MR) is 56.0 cm³/mol. The van der Waals surface area contributed by atoms with Crippen molar-refractivity contribution in [1.29, 1.82) is 0 Å². The molecule has 0 aliphatic carbocycles. The molecule has 0 aliphatic heterocycles. The molecule has 0 amide bonds. The summed E-state index contributed by atoms with van der Waals surface area (Å²) < 4.78 is 0. The van der Waals surface area contributed by atoms with Crippen LogP contribution in [0, 0.1) is 0 Å². The highest BCUT2D eigenvalue weighted by atomic mass is 32.1. The number of aryl methyl sites for hydroxylation is 1. The van der Waals surface area contributed by atoms with Gasteiger partial charge < -0.3 is 5.73 Å². The molecular formula is C9H12N4S. The average molecular weight is 208 g/mol. The van der Waals surface area contributed by atoms with E-state index in [-0.39, 0.29) is 6.04 Å². The Hall–Kier alpha value is -1.20. The molecule has 5 heteroatoms. The number of H-pyrrole nitrogens is 1. The number of nitrogens with one attached hydrogen (secondary N) is 1. The summed E-state index contributed by atoms with van der Waals surface area (Å²) in [5.41, 5.74) is 6.77. The number of aromatic nitrogens is 3. The van der Waals surface area contributed by atoms with Crippen molar-refractivity contribution in [1.82, 2.24) is 15.4 Å². The molecule has 0 aliphatic rings. The van der Waals surface area contributed by atoms with Crippen LogP contribution >= 0.6 is 11.3 Å². The van der Waals surface area contributed by atoms with Gasteiger partial charge in [-0.05, 0) is 24.3 Å². The highest BCUT2D eigenvalue weighted by molar-refractivity contribution is 7.09. The third-order valence-electron chi connectivity index (χ3n) is 2.10. The first kappa shape index (κ1) is 9.36. The van der Waals surface area contributed by atoms with E-state index < -0.39 is 0 Å². The van der Waals surface area contributed by atoms with Gasteiger partial charge in [0.05, 0.1) is 17.9 Å². The Morgan fingerprint density at radius 2 is 2.50 bits per heavy atom. The van der Waals surface area contributed by atoms with Crippen molar-refractivity contribution in [3.63, 3.8) is 0 Å². The van der Waals surface area contributed by atoms with Gasteiger partial charge in [-0.3, -0.25) is 0 Å².